The van der Waals surface area contributed by atoms with Crippen LogP contribution < -0.4 is 15.6 Å². The molecule has 1 aliphatic carbocycles. The summed E-state index contributed by atoms with van der Waals surface area (Å²) in [5, 5.41) is 0. The summed E-state index contributed by atoms with van der Waals surface area (Å²) in [6.07, 6.45) is 3.01. The predicted octanol–water partition coefficient (Wildman–Crippen LogP) is 2.89. The summed E-state index contributed by atoms with van der Waals surface area (Å²) in [5.41, 5.74) is 8.35. The van der Waals surface area contributed by atoms with Crippen molar-refractivity contribution in [2.24, 2.45) is 0 Å². The van der Waals surface area contributed by atoms with Gasteiger partial charge in [0, 0.05) is 18.2 Å². The third-order valence-corrected chi connectivity index (χ3v) is 4.41. The van der Waals surface area contributed by atoms with Crippen molar-refractivity contribution < 1.29 is 14.3 Å². The molecule has 2 aromatic rings. The summed E-state index contributed by atoms with van der Waals surface area (Å²) in [4.78, 5) is 24.1. The Morgan fingerprint density at radius 2 is 1.81 bits per heavy atom. The number of amides is 1. The van der Waals surface area contributed by atoms with E-state index in [9.17, 15) is 9.59 Å². The molecule has 0 saturated heterocycles. The molecule has 0 heterocycles. The number of hydrogen-bond donors (Lipinski definition) is 2. The summed E-state index contributed by atoms with van der Waals surface area (Å²) < 4.78 is 5.11. The van der Waals surface area contributed by atoms with Gasteiger partial charge >= 0.3 is 0 Å². The van der Waals surface area contributed by atoms with Crippen molar-refractivity contribution in [1.29, 1.82) is 0 Å². The van der Waals surface area contributed by atoms with E-state index in [-0.39, 0.29) is 24.0 Å². The second-order valence-electron chi connectivity index (χ2n) is 6.35. The molecule has 3 rings (SSSR count). The monoisotopic (exact) mass is 350 g/mol. The lowest BCUT2D eigenvalue weighted by atomic mass is 9.86. The van der Waals surface area contributed by atoms with Crippen LogP contribution in [-0.4, -0.2) is 18.8 Å². The minimum atomic E-state index is -0.162. The summed E-state index contributed by atoms with van der Waals surface area (Å²) in [7, 11) is 1.60. The first-order valence-electron chi connectivity index (χ1n) is 8.60. The number of allylic oxidation sites excluding steroid dienone is 2. The molecule has 0 spiro atoms. The smallest absolute Gasteiger partial charge is 0.242 e. The molecule has 0 fully saturated rings. The number of rotatable bonds is 6. The quantitative estimate of drug-likeness (QED) is 0.786. The average Bonchev–Trinajstić information content (AvgIpc) is 2.67. The van der Waals surface area contributed by atoms with Crippen LogP contribution in [0.1, 0.15) is 29.9 Å². The van der Waals surface area contributed by atoms with Crippen LogP contribution in [0.4, 0.5) is 0 Å². The molecule has 5 nitrogen and oxygen atoms in total. The number of nitrogens with one attached hydrogen (secondary N) is 2. The van der Waals surface area contributed by atoms with Gasteiger partial charge in [-0.15, -0.1) is 0 Å². The van der Waals surface area contributed by atoms with E-state index >= 15 is 0 Å². The van der Waals surface area contributed by atoms with E-state index in [1.54, 1.807) is 13.2 Å². The third kappa shape index (κ3) is 4.72. The molecule has 1 amide bonds. The lowest BCUT2D eigenvalue weighted by molar-refractivity contribution is -0.121. The Hall–Kier alpha value is -3.08. The van der Waals surface area contributed by atoms with E-state index in [1.807, 2.05) is 54.6 Å². The van der Waals surface area contributed by atoms with Crippen molar-refractivity contribution in [3.63, 3.8) is 0 Å². The standard InChI is InChI=1S/C21H22N2O3/c1-26-20-9-7-15(8-10-20)11-21(25)23-22-18-12-17(13-19(24)14-18)16-5-3-2-4-6-16/h2-10,14,17,22H,11-13H2,1H3,(H,23,25)/t17-/m0/s1. The highest BCUT2D eigenvalue weighted by Crippen LogP contribution is 2.29. The molecule has 0 saturated carbocycles. The molecule has 0 radical (unpaired) electrons. The Morgan fingerprint density at radius 3 is 2.50 bits per heavy atom. The van der Waals surface area contributed by atoms with Crippen molar-refractivity contribution >= 4 is 11.7 Å². The van der Waals surface area contributed by atoms with Crippen LogP contribution in [0.5, 0.6) is 5.75 Å². The number of hydrazine groups is 1. The van der Waals surface area contributed by atoms with Gasteiger partial charge in [0.15, 0.2) is 5.78 Å². The fraction of sp³-hybridized carbons (Fsp3) is 0.238. The highest BCUT2D eigenvalue weighted by atomic mass is 16.5. The molecule has 0 unspecified atom stereocenters. The van der Waals surface area contributed by atoms with Crippen LogP contribution in [0.25, 0.3) is 0 Å². The first-order valence-corrected chi connectivity index (χ1v) is 8.60. The molecular formula is C21H22N2O3. The molecule has 1 atom stereocenters. The molecular weight excluding hydrogens is 328 g/mol. The molecule has 0 bridgehead atoms. The van der Waals surface area contributed by atoms with Gasteiger partial charge in [0.1, 0.15) is 5.75 Å². The zero-order valence-electron chi connectivity index (χ0n) is 14.7. The SMILES string of the molecule is COc1ccc(CC(=O)NNC2=CC(=O)C[C@@H](c3ccccc3)C2)cc1. The second-order valence-corrected chi connectivity index (χ2v) is 6.35. The van der Waals surface area contributed by atoms with E-state index in [4.69, 9.17) is 4.74 Å². The van der Waals surface area contributed by atoms with E-state index in [2.05, 4.69) is 10.9 Å². The van der Waals surface area contributed by atoms with Gasteiger partial charge < -0.3 is 10.2 Å². The molecule has 0 aliphatic heterocycles. The summed E-state index contributed by atoms with van der Waals surface area (Å²) in [6, 6.07) is 17.3. The van der Waals surface area contributed by atoms with Crippen molar-refractivity contribution in [1.82, 2.24) is 10.9 Å². The topological polar surface area (TPSA) is 67.4 Å². The van der Waals surface area contributed by atoms with Crippen molar-refractivity contribution in [3.05, 3.63) is 77.5 Å². The molecule has 134 valence electrons. The number of ketones is 1. The number of hydrogen-bond acceptors (Lipinski definition) is 4. The highest BCUT2D eigenvalue weighted by molar-refractivity contribution is 5.92. The van der Waals surface area contributed by atoms with Crippen molar-refractivity contribution in [2.45, 2.75) is 25.2 Å². The van der Waals surface area contributed by atoms with Crippen LogP contribution in [0.3, 0.4) is 0 Å². The van der Waals surface area contributed by atoms with E-state index in [0.717, 1.165) is 22.6 Å². The summed E-state index contributed by atoms with van der Waals surface area (Å²) >= 11 is 0. The molecule has 5 heteroatoms. The first-order chi connectivity index (χ1) is 12.6. The maximum absolute atomic E-state index is 12.1. The third-order valence-electron chi connectivity index (χ3n) is 4.41. The number of carbonyl (C=O) groups is 2. The molecule has 2 aromatic carbocycles. The Balaban J connectivity index is 1.54. The van der Waals surface area contributed by atoms with Crippen LogP contribution in [0.15, 0.2) is 66.4 Å². The zero-order valence-corrected chi connectivity index (χ0v) is 14.7. The van der Waals surface area contributed by atoms with E-state index < -0.39 is 0 Å². The second kappa shape index (κ2) is 8.34. The summed E-state index contributed by atoms with van der Waals surface area (Å²) in [5.74, 6) is 0.794. The Bertz CT molecular complexity index is 798. The van der Waals surface area contributed by atoms with Gasteiger partial charge in [0.25, 0.3) is 0 Å². The van der Waals surface area contributed by atoms with Crippen LogP contribution in [-0.2, 0) is 16.0 Å². The van der Waals surface area contributed by atoms with Gasteiger partial charge in [-0.2, -0.15) is 0 Å². The van der Waals surface area contributed by atoms with Gasteiger partial charge in [0.05, 0.1) is 13.5 Å². The minimum absolute atomic E-state index is 0.0667. The lowest BCUT2D eigenvalue weighted by Crippen LogP contribution is -2.39. The van der Waals surface area contributed by atoms with Crippen LogP contribution in [0.2, 0.25) is 0 Å². The average molecular weight is 350 g/mol. The lowest BCUT2D eigenvalue weighted by Gasteiger charge is -2.23. The van der Waals surface area contributed by atoms with Crippen molar-refractivity contribution in [3.8, 4) is 5.75 Å². The number of benzene rings is 2. The minimum Gasteiger partial charge on any atom is -0.497 e. The van der Waals surface area contributed by atoms with Crippen LogP contribution >= 0.6 is 0 Å². The fourth-order valence-corrected chi connectivity index (χ4v) is 3.06. The van der Waals surface area contributed by atoms with Gasteiger partial charge in [0.2, 0.25) is 5.91 Å². The van der Waals surface area contributed by atoms with Gasteiger partial charge in [-0.3, -0.25) is 15.0 Å². The van der Waals surface area contributed by atoms with E-state index in [1.165, 1.54) is 0 Å². The Morgan fingerprint density at radius 1 is 1.08 bits per heavy atom. The fourth-order valence-electron chi connectivity index (χ4n) is 3.06. The van der Waals surface area contributed by atoms with Gasteiger partial charge in [-0.05, 0) is 35.6 Å². The largest absolute Gasteiger partial charge is 0.497 e. The first kappa shape index (κ1) is 17.7. The molecule has 1 aliphatic rings. The van der Waals surface area contributed by atoms with Crippen LogP contribution in [0, 0.1) is 0 Å². The zero-order chi connectivity index (χ0) is 18.4. The maximum Gasteiger partial charge on any atom is 0.242 e. The maximum atomic E-state index is 12.1. The Labute approximate surface area is 153 Å². The van der Waals surface area contributed by atoms with E-state index in [0.29, 0.717) is 12.8 Å². The molecule has 26 heavy (non-hydrogen) atoms. The molecule has 2 N–H and O–H groups in total. The number of ether oxygens (including phenoxy) is 1. The number of methoxy groups -OCH3 is 1. The summed E-state index contributed by atoms with van der Waals surface area (Å²) in [6.45, 7) is 0. The highest BCUT2D eigenvalue weighted by Gasteiger charge is 2.22. The Kier molecular flexibility index (Phi) is 5.69. The van der Waals surface area contributed by atoms with Crippen molar-refractivity contribution in [2.75, 3.05) is 7.11 Å². The van der Waals surface area contributed by atoms with Gasteiger partial charge in [-0.25, -0.2) is 0 Å². The van der Waals surface area contributed by atoms with Gasteiger partial charge in [-0.1, -0.05) is 42.5 Å². The normalized spacial score (nSPS) is 16.6. The predicted molar refractivity (Wildman–Crippen MR) is 99.5 cm³/mol. The molecule has 0 aromatic heterocycles. The number of carbonyl (C=O) groups excluding carboxylic acids is 2.